The van der Waals surface area contributed by atoms with Gasteiger partial charge in [0.1, 0.15) is 11.3 Å². The lowest BCUT2D eigenvalue weighted by Crippen LogP contribution is -2.41. The number of ether oxygens (including phenoxy) is 1. The van der Waals surface area contributed by atoms with Crippen LogP contribution in [0.15, 0.2) is 58.3 Å². The first-order chi connectivity index (χ1) is 15.5. The summed E-state index contributed by atoms with van der Waals surface area (Å²) in [4.78, 5) is 32.0. The van der Waals surface area contributed by atoms with Gasteiger partial charge in [-0.1, -0.05) is 36.7 Å². The average molecular weight is 450 g/mol. The second-order valence-corrected chi connectivity index (χ2v) is 9.00. The summed E-state index contributed by atoms with van der Waals surface area (Å²) < 4.78 is 8.53. The van der Waals surface area contributed by atoms with Gasteiger partial charge in [0.25, 0.3) is 5.56 Å². The Hall–Kier alpha value is -3.12. The quantitative estimate of drug-likeness (QED) is 0.407. The van der Waals surface area contributed by atoms with E-state index in [1.807, 2.05) is 22.8 Å². The van der Waals surface area contributed by atoms with Crippen molar-refractivity contribution in [2.75, 3.05) is 7.11 Å². The highest BCUT2D eigenvalue weighted by Gasteiger charge is 2.26. The molecule has 0 saturated heterocycles. The Balaban J connectivity index is 1.92. The summed E-state index contributed by atoms with van der Waals surface area (Å²) in [5.74, 6) is 1.24. The van der Waals surface area contributed by atoms with Gasteiger partial charge in [-0.15, -0.1) is 0 Å². The molecule has 0 radical (unpaired) electrons. The predicted molar refractivity (Wildman–Crippen MR) is 127 cm³/mol. The molecule has 7 heteroatoms. The van der Waals surface area contributed by atoms with Crippen molar-refractivity contribution >= 4 is 33.4 Å². The minimum atomic E-state index is -0.398. The summed E-state index contributed by atoms with van der Waals surface area (Å²) in [7, 11) is 1.59. The smallest absolute Gasteiger partial charge is 0.336 e. The number of halogens is 1. The second-order valence-electron chi connectivity index (χ2n) is 8.56. The summed E-state index contributed by atoms with van der Waals surface area (Å²) in [6, 6.07) is 12.4. The minimum absolute atomic E-state index is 0.00374. The van der Waals surface area contributed by atoms with Crippen LogP contribution < -0.4 is 16.0 Å². The molecule has 0 N–H and O–H groups in total. The number of aromatic nitrogens is 3. The molecule has 6 nitrogen and oxygen atoms in total. The van der Waals surface area contributed by atoms with E-state index in [4.69, 9.17) is 16.3 Å². The number of nitrogens with zero attached hydrogens (tertiary/aromatic N) is 3. The van der Waals surface area contributed by atoms with Crippen LogP contribution in [0, 0.1) is 5.92 Å². The van der Waals surface area contributed by atoms with Crippen molar-refractivity contribution in [1.82, 2.24) is 14.1 Å². The van der Waals surface area contributed by atoms with Crippen molar-refractivity contribution in [3.8, 4) is 11.4 Å². The van der Waals surface area contributed by atoms with Gasteiger partial charge < -0.3 is 4.74 Å². The summed E-state index contributed by atoms with van der Waals surface area (Å²) in [5.41, 5.74) is 0.976. The maximum Gasteiger partial charge on any atom is 0.336 e. The van der Waals surface area contributed by atoms with Crippen molar-refractivity contribution in [2.24, 2.45) is 5.92 Å². The number of pyridine rings is 1. The molecule has 0 spiro atoms. The number of benzene rings is 2. The zero-order valence-electron chi connectivity index (χ0n) is 18.0. The first-order valence-electron chi connectivity index (χ1n) is 10.9. The molecule has 0 aliphatic heterocycles. The minimum Gasteiger partial charge on any atom is -0.494 e. The molecule has 2 aromatic heterocycles. The Morgan fingerprint density at radius 3 is 2.50 bits per heavy atom. The molecule has 1 aliphatic rings. The monoisotopic (exact) mass is 449 g/mol. The van der Waals surface area contributed by atoms with Gasteiger partial charge in [-0.25, -0.2) is 9.36 Å². The highest BCUT2D eigenvalue weighted by atomic mass is 35.5. The highest BCUT2D eigenvalue weighted by Crippen LogP contribution is 2.35. The van der Waals surface area contributed by atoms with E-state index in [2.05, 4.69) is 11.9 Å². The maximum absolute atomic E-state index is 13.9. The van der Waals surface area contributed by atoms with Crippen LogP contribution in [0.5, 0.6) is 5.75 Å². The van der Waals surface area contributed by atoms with Crippen molar-refractivity contribution in [3.63, 3.8) is 0 Å². The normalized spacial score (nSPS) is 18.8. The number of hydrogen-bond donors (Lipinski definition) is 0. The first kappa shape index (κ1) is 20.8. The second kappa shape index (κ2) is 8.10. The molecular weight excluding hydrogens is 426 g/mol. The van der Waals surface area contributed by atoms with Crippen LogP contribution in [-0.4, -0.2) is 21.2 Å². The van der Waals surface area contributed by atoms with Crippen molar-refractivity contribution < 1.29 is 4.74 Å². The van der Waals surface area contributed by atoms with E-state index in [0.717, 1.165) is 31.1 Å². The Labute approximate surface area is 190 Å². The average Bonchev–Trinajstić information content (AvgIpc) is 2.79. The Morgan fingerprint density at radius 1 is 1.03 bits per heavy atom. The van der Waals surface area contributed by atoms with Crippen molar-refractivity contribution in [3.05, 3.63) is 74.5 Å². The number of para-hydroxylation sites is 1. The summed E-state index contributed by atoms with van der Waals surface area (Å²) in [6.07, 6.45) is 5.42. The largest absolute Gasteiger partial charge is 0.494 e. The van der Waals surface area contributed by atoms with E-state index in [1.165, 1.54) is 4.57 Å². The van der Waals surface area contributed by atoms with Gasteiger partial charge in [0.15, 0.2) is 0 Å². The maximum atomic E-state index is 13.9. The Bertz CT molecular complexity index is 1450. The van der Waals surface area contributed by atoms with Crippen LogP contribution in [0.2, 0.25) is 5.02 Å². The fourth-order valence-electron chi connectivity index (χ4n) is 4.86. The van der Waals surface area contributed by atoms with E-state index in [0.29, 0.717) is 38.8 Å². The van der Waals surface area contributed by atoms with E-state index >= 15 is 0 Å². The molecule has 0 atom stereocenters. The van der Waals surface area contributed by atoms with Gasteiger partial charge in [-0.2, -0.15) is 0 Å². The van der Waals surface area contributed by atoms with Crippen LogP contribution in [-0.2, 0) is 0 Å². The summed E-state index contributed by atoms with van der Waals surface area (Å²) in [5, 5.41) is 1.62. The third-order valence-electron chi connectivity index (χ3n) is 6.54. The lowest BCUT2D eigenvalue weighted by atomic mass is 9.87. The molecule has 1 aliphatic carbocycles. The molecule has 0 amide bonds. The molecular formula is C25H24ClN3O3. The van der Waals surface area contributed by atoms with Crippen molar-refractivity contribution in [1.29, 1.82) is 0 Å². The number of fused-ring (bicyclic) bond motifs is 3. The molecule has 0 unspecified atom stereocenters. The third-order valence-corrected chi connectivity index (χ3v) is 6.78. The van der Waals surface area contributed by atoms with Crippen LogP contribution in [0.4, 0.5) is 0 Å². The zero-order chi connectivity index (χ0) is 22.4. The zero-order valence-corrected chi connectivity index (χ0v) is 18.8. The van der Waals surface area contributed by atoms with Gasteiger partial charge in [-0.05, 0) is 55.9 Å². The van der Waals surface area contributed by atoms with Crippen LogP contribution in [0.25, 0.3) is 27.5 Å². The third kappa shape index (κ3) is 3.30. The Kier molecular flexibility index (Phi) is 5.25. The molecule has 0 bridgehead atoms. The molecule has 2 heterocycles. The highest BCUT2D eigenvalue weighted by molar-refractivity contribution is 6.30. The van der Waals surface area contributed by atoms with E-state index in [1.54, 1.807) is 37.6 Å². The van der Waals surface area contributed by atoms with Gasteiger partial charge in [0.2, 0.25) is 0 Å². The number of hydrogen-bond acceptors (Lipinski definition) is 4. The molecule has 1 fully saturated rings. The summed E-state index contributed by atoms with van der Waals surface area (Å²) in [6.45, 7) is 2.24. The molecule has 2 aromatic carbocycles. The van der Waals surface area contributed by atoms with Gasteiger partial charge in [0.05, 0.1) is 23.7 Å². The van der Waals surface area contributed by atoms with E-state index in [-0.39, 0.29) is 11.7 Å². The van der Waals surface area contributed by atoms with E-state index < -0.39 is 5.56 Å². The van der Waals surface area contributed by atoms with E-state index in [9.17, 15) is 9.59 Å². The first-order valence-corrected chi connectivity index (χ1v) is 11.3. The molecule has 32 heavy (non-hydrogen) atoms. The molecule has 5 rings (SSSR count). The van der Waals surface area contributed by atoms with Crippen LogP contribution in [0.1, 0.15) is 38.6 Å². The predicted octanol–water partition coefficient (Wildman–Crippen LogP) is 5.11. The van der Waals surface area contributed by atoms with Gasteiger partial charge in [-0.3, -0.25) is 14.3 Å². The lowest BCUT2D eigenvalue weighted by Gasteiger charge is -2.29. The lowest BCUT2D eigenvalue weighted by molar-refractivity contribution is 0.287. The topological polar surface area (TPSA) is 66.1 Å². The van der Waals surface area contributed by atoms with Gasteiger partial charge in [0, 0.05) is 22.6 Å². The molecule has 1 saturated carbocycles. The van der Waals surface area contributed by atoms with Crippen LogP contribution in [0.3, 0.4) is 0 Å². The Morgan fingerprint density at radius 2 is 1.78 bits per heavy atom. The van der Waals surface area contributed by atoms with Crippen molar-refractivity contribution in [2.45, 2.75) is 38.6 Å². The standard InChI is InChI=1S/C25H24ClN3O3/c1-15-9-11-17(12-10-15)28-23-19-7-4-8-21(32-2)22(19)27-14-20(23)24(30)29(25(28)31)18-6-3-5-16(26)13-18/h3-8,13-15,17H,9-12H2,1-2H3. The fourth-order valence-corrected chi connectivity index (χ4v) is 5.04. The molecule has 4 aromatic rings. The fraction of sp³-hybridized carbons (Fsp3) is 0.320. The SMILES string of the molecule is COc1cccc2c1ncc1c(=O)n(-c3cccc(Cl)c3)c(=O)n(C3CCC(C)CC3)c12. The number of rotatable bonds is 3. The van der Waals surface area contributed by atoms with Crippen LogP contribution >= 0.6 is 11.6 Å². The van der Waals surface area contributed by atoms with Gasteiger partial charge >= 0.3 is 5.69 Å². The number of methoxy groups -OCH3 is 1. The summed E-state index contributed by atoms with van der Waals surface area (Å²) >= 11 is 6.18. The molecule has 164 valence electrons.